The maximum Gasteiger partial charge on any atom is 0.315 e. The first-order valence-corrected chi connectivity index (χ1v) is 6.58. The van der Waals surface area contributed by atoms with Gasteiger partial charge >= 0.3 is 5.69 Å². The SMILES string of the molecule is CC1(C)C(N)CC1Oc1c(Br)cc(F)cc1[N+](=O)[O-]. The monoisotopic (exact) mass is 332 g/mol. The fourth-order valence-corrected chi connectivity index (χ4v) is 2.57. The van der Waals surface area contributed by atoms with Crippen molar-refractivity contribution in [2.45, 2.75) is 32.4 Å². The van der Waals surface area contributed by atoms with Crippen LogP contribution in [-0.4, -0.2) is 17.1 Å². The molecule has 1 saturated carbocycles. The van der Waals surface area contributed by atoms with Gasteiger partial charge in [0.15, 0.2) is 0 Å². The van der Waals surface area contributed by atoms with E-state index < -0.39 is 10.7 Å². The number of nitrogens with two attached hydrogens (primary N) is 1. The molecule has 0 radical (unpaired) electrons. The smallest absolute Gasteiger partial charge is 0.315 e. The molecule has 2 N–H and O–H groups in total. The lowest BCUT2D eigenvalue weighted by Gasteiger charge is -2.49. The molecular weight excluding hydrogens is 319 g/mol. The van der Waals surface area contributed by atoms with Gasteiger partial charge in [0.2, 0.25) is 5.75 Å². The number of benzene rings is 1. The van der Waals surface area contributed by atoms with Crippen molar-refractivity contribution in [2.24, 2.45) is 11.1 Å². The van der Waals surface area contributed by atoms with E-state index in [-0.39, 0.29) is 33.5 Å². The summed E-state index contributed by atoms with van der Waals surface area (Å²) >= 11 is 3.10. The van der Waals surface area contributed by atoms with Gasteiger partial charge in [0.1, 0.15) is 11.9 Å². The maximum atomic E-state index is 13.2. The predicted molar refractivity (Wildman–Crippen MR) is 71.5 cm³/mol. The molecule has 2 rings (SSSR count). The Hall–Kier alpha value is -1.21. The van der Waals surface area contributed by atoms with Gasteiger partial charge in [-0.1, -0.05) is 13.8 Å². The molecule has 1 fully saturated rings. The van der Waals surface area contributed by atoms with Gasteiger partial charge in [-0.05, 0) is 22.0 Å². The predicted octanol–water partition coefficient (Wildman–Crippen LogP) is 3.00. The average Bonchev–Trinajstić information content (AvgIpc) is 2.30. The zero-order chi connectivity index (χ0) is 14.4. The summed E-state index contributed by atoms with van der Waals surface area (Å²) < 4.78 is 19.1. The van der Waals surface area contributed by atoms with Crippen LogP contribution in [0.15, 0.2) is 16.6 Å². The summed E-state index contributed by atoms with van der Waals surface area (Å²) in [4.78, 5) is 10.3. The van der Waals surface area contributed by atoms with E-state index in [0.717, 1.165) is 12.1 Å². The number of halogens is 2. The first-order chi connectivity index (χ1) is 8.73. The van der Waals surface area contributed by atoms with Crippen molar-refractivity contribution < 1.29 is 14.1 Å². The Bertz CT molecular complexity index is 536. The summed E-state index contributed by atoms with van der Waals surface area (Å²) in [6.07, 6.45) is 0.400. The van der Waals surface area contributed by atoms with Crippen LogP contribution in [0.2, 0.25) is 0 Å². The molecule has 5 nitrogen and oxygen atoms in total. The van der Waals surface area contributed by atoms with Crippen LogP contribution in [0.1, 0.15) is 20.3 Å². The molecule has 19 heavy (non-hydrogen) atoms. The molecule has 0 aromatic heterocycles. The van der Waals surface area contributed by atoms with Crippen LogP contribution >= 0.6 is 15.9 Å². The first-order valence-electron chi connectivity index (χ1n) is 5.79. The van der Waals surface area contributed by atoms with Crippen molar-refractivity contribution in [3.8, 4) is 5.75 Å². The van der Waals surface area contributed by atoms with Crippen LogP contribution in [0.4, 0.5) is 10.1 Å². The Morgan fingerprint density at radius 2 is 2.21 bits per heavy atom. The quantitative estimate of drug-likeness (QED) is 0.681. The second-order valence-corrected chi connectivity index (χ2v) is 6.12. The Kier molecular flexibility index (Phi) is 3.53. The molecule has 0 heterocycles. The number of ether oxygens (including phenoxy) is 1. The van der Waals surface area contributed by atoms with E-state index in [0.29, 0.717) is 6.42 Å². The molecule has 7 heteroatoms. The highest BCUT2D eigenvalue weighted by Gasteiger charge is 2.48. The third kappa shape index (κ3) is 2.44. The minimum absolute atomic E-state index is 0.00391. The minimum Gasteiger partial charge on any atom is -0.482 e. The van der Waals surface area contributed by atoms with Crippen molar-refractivity contribution >= 4 is 21.6 Å². The van der Waals surface area contributed by atoms with E-state index in [4.69, 9.17) is 10.5 Å². The summed E-state index contributed by atoms with van der Waals surface area (Å²) in [5.74, 6) is -0.633. The van der Waals surface area contributed by atoms with Crippen LogP contribution in [0.5, 0.6) is 5.75 Å². The molecule has 2 atom stereocenters. The van der Waals surface area contributed by atoms with E-state index in [1.807, 2.05) is 13.8 Å². The molecule has 1 aromatic rings. The number of nitro benzene ring substituents is 1. The maximum absolute atomic E-state index is 13.2. The standard InChI is InChI=1S/C12H14BrFN2O3/c1-12(2)9(15)5-10(12)19-11-7(13)3-6(14)4-8(11)16(17)18/h3-4,9-10H,5,15H2,1-2H3. The van der Waals surface area contributed by atoms with Crippen LogP contribution in [0.25, 0.3) is 0 Å². The van der Waals surface area contributed by atoms with Gasteiger partial charge in [0.25, 0.3) is 0 Å². The minimum atomic E-state index is -0.685. The summed E-state index contributed by atoms with van der Waals surface area (Å²) in [5.41, 5.74) is 5.23. The largest absolute Gasteiger partial charge is 0.482 e. The van der Waals surface area contributed by atoms with Crippen molar-refractivity contribution in [1.29, 1.82) is 0 Å². The Labute approximate surface area is 118 Å². The number of nitro groups is 1. The average molecular weight is 333 g/mol. The molecule has 1 aromatic carbocycles. The molecule has 1 aliphatic carbocycles. The fourth-order valence-electron chi connectivity index (χ4n) is 2.06. The van der Waals surface area contributed by atoms with Gasteiger partial charge in [-0.15, -0.1) is 0 Å². The number of hydrogen-bond acceptors (Lipinski definition) is 4. The molecule has 0 bridgehead atoms. The topological polar surface area (TPSA) is 78.4 Å². The third-order valence-corrected chi connectivity index (χ3v) is 4.29. The van der Waals surface area contributed by atoms with Gasteiger partial charge in [0.05, 0.1) is 15.5 Å². The normalized spacial score (nSPS) is 24.7. The van der Waals surface area contributed by atoms with E-state index in [1.165, 1.54) is 0 Å². The lowest BCUT2D eigenvalue weighted by Crippen LogP contribution is -2.60. The molecule has 0 aliphatic heterocycles. The van der Waals surface area contributed by atoms with Crippen LogP contribution < -0.4 is 10.5 Å². The Morgan fingerprint density at radius 1 is 1.58 bits per heavy atom. The van der Waals surface area contributed by atoms with E-state index in [9.17, 15) is 14.5 Å². The summed E-state index contributed by atoms with van der Waals surface area (Å²) in [5, 5.41) is 11.0. The number of nitrogens with zero attached hydrogens (tertiary/aromatic N) is 1. The van der Waals surface area contributed by atoms with Crippen LogP contribution in [0.3, 0.4) is 0 Å². The van der Waals surface area contributed by atoms with Crippen molar-refractivity contribution in [2.75, 3.05) is 0 Å². The van der Waals surface area contributed by atoms with E-state index >= 15 is 0 Å². The second kappa shape index (κ2) is 4.72. The van der Waals surface area contributed by atoms with Crippen LogP contribution in [-0.2, 0) is 0 Å². The zero-order valence-corrected chi connectivity index (χ0v) is 12.1. The molecule has 0 spiro atoms. The molecule has 1 aliphatic rings. The molecular formula is C12H14BrFN2O3. The highest BCUT2D eigenvalue weighted by molar-refractivity contribution is 9.10. The third-order valence-electron chi connectivity index (χ3n) is 3.70. The van der Waals surface area contributed by atoms with E-state index in [2.05, 4.69) is 15.9 Å². The highest BCUT2D eigenvalue weighted by atomic mass is 79.9. The Morgan fingerprint density at radius 3 is 2.68 bits per heavy atom. The summed E-state index contributed by atoms with van der Waals surface area (Å²) in [6.45, 7) is 3.88. The Balaban J connectivity index is 2.33. The lowest BCUT2D eigenvalue weighted by atomic mass is 9.65. The number of hydrogen-bond donors (Lipinski definition) is 1. The van der Waals surface area contributed by atoms with Gasteiger partial charge < -0.3 is 10.5 Å². The molecule has 0 saturated heterocycles. The van der Waals surface area contributed by atoms with Crippen molar-refractivity contribution in [3.05, 3.63) is 32.5 Å². The lowest BCUT2D eigenvalue weighted by molar-refractivity contribution is -0.386. The summed E-state index contributed by atoms with van der Waals surface area (Å²) in [7, 11) is 0. The van der Waals surface area contributed by atoms with Gasteiger partial charge in [-0.3, -0.25) is 10.1 Å². The van der Waals surface area contributed by atoms with Gasteiger partial charge in [-0.25, -0.2) is 4.39 Å². The molecule has 0 amide bonds. The van der Waals surface area contributed by atoms with Crippen LogP contribution in [0, 0.1) is 21.3 Å². The zero-order valence-electron chi connectivity index (χ0n) is 10.5. The highest BCUT2D eigenvalue weighted by Crippen LogP contribution is 2.45. The second-order valence-electron chi connectivity index (χ2n) is 5.26. The number of rotatable bonds is 3. The van der Waals surface area contributed by atoms with E-state index in [1.54, 1.807) is 0 Å². The first kappa shape index (κ1) is 14.2. The summed E-state index contributed by atoms with van der Waals surface area (Å²) in [6, 6.07) is 2.00. The molecule has 104 valence electrons. The van der Waals surface area contributed by atoms with Crippen molar-refractivity contribution in [3.63, 3.8) is 0 Å². The fraction of sp³-hybridized carbons (Fsp3) is 0.500. The van der Waals surface area contributed by atoms with Gasteiger partial charge in [-0.2, -0.15) is 0 Å². The van der Waals surface area contributed by atoms with Crippen molar-refractivity contribution in [1.82, 2.24) is 0 Å². The van der Waals surface area contributed by atoms with Gasteiger partial charge in [0, 0.05) is 17.9 Å². The molecule has 2 unspecified atom stereocenters.